The van der Waals surface area contributed by atoms with Crippen LogP contribution in [0.15, 0.2) is 18.2 Å². The molecular formula is C17H30N2O. The molecule has 0 aliphatic rings. The zero-order valence-electron chi connectivity index (χ0n) is 13.9. The summed E-state index contributed by atoms with van der Waals surface area (Å²) >= 11 is 0. The molecule has 0 radical (unpaired) electrons. The van der Waals surface area contributed by atoms with Crippen LogP contribution in [0.4, 0.5) is 5.69 Å². The van der Waals surface area contributed by atoms with Gasteiger partial charge in [-0.25, -0.2) is 0 Å². The van der Waals surface area contributed by atoms with Crippen molar-refractivity contribution in [3.63, 3.8) is 0 Å². The largest absolute Gasteiger partial charge is 0.380 e. The molecule has 0 amide bonds. The van der Waals surface area contributed by atoms with E-state index in [1.165, 1.54) is 16.8 Å². The van der Waals surface area contributed by atoms with Gasteiger partial charge in [0.25, 0.3) is 0 Å². The van der Waals surface area contributed by atoms with E-state index in [0.29, 0.717) is 0 Å². The van der Waals surface area contributed by atoms with Gasteiger partial charge in [-0.1, -0.05) is 17.7 Å². The standard InChI is InChI=1S/C17H30N2O/c1-7-20-11-10-19(6)16-9-8-14(2)12-15(16)13-18-17(3,4)5/h8-9,12,18H,7,10-11,13H2,1-6H3. The molecule has 0 aliphatic heterocycles. The van der Waals surface area contributed by atoms with E-state index in [2.05, 4.69) is 63.2 Å². The van der Waals surface area contributed by atoms with Gasteiger partial charge < -0.3 is 15.0 Å². The van der Waals surface area contributed by atoms with Gasteiger partial charge in [0, 0.05) is 38.0 Å². The molecule has 1 rings (SSSR count). The van der Waals surface area contributed by atoms with Crippen LogP contribution in [-0.2, 0) is 11.3 Å². The lowest BCUT2D eigenvalue weighted by Crippen LogP contribution is -2.35. The quantitative estimate of drug-likeness (QED) is 0.774. The van der Waals surface area contributed by atoms with Crippen LogP contribution < -0.4 is 10.2 Å². The maximum atomic E-state index is 5.45. The Kier molecular flexibility index (Phi) is 6.50. The van der Waals surface area contributed by atoms with Crippen LogP contribution in [0.1, 0.15) is 38.8 Å². The number of hydrogen-bond acceptors (Lipinski definition) is 3. The monoisotopic (exact) mass is 278 g/mol. The number of nitrogens with zero attached hydrogens (tertiary/aromatic N) is 1. The summed E-state index contributed by atoms with van der Waals surface area (Å²) in [5.41, 5.74) is 4.06. The molecule has 114 valence electrons. The first kappa shape index (κ1) is 17.0. The van der Waals surface area contributed by atoms with Crippen molar-refractivity contribution in [1.29, 1.82) is 0 Å². The van der Waals surface area contributed by atoms with Gasteiger partial charge in [-0.3, -0.25) is 0 Å². The predicted octanol–water partition coefficient (Wildman–Crippen LogP) is 3.36. The Hall–Kier alpha value is -1.06. The first-order chi connectivity index (χ1) is 9.33. The molecule has 0 atom stereocenters. The fraction of sp³-hybridized carbons (Fsp3) is 0.647. The maximum Gasteiger partial charge on any atom is 0.0641 e. The Balaban J connectivity index is 2.78. The average molecular weight is 278 g/mol. The third kappa shape index (κ3) is 5.93. The van der Waals surface area contributed by atoms with Crippen molar-refractivity contribution in [3.8, 4) is 0 Å². The number of nitrogens with one attached hydrogen (secondary N) is 1. The number of benzene rings is 1. The van der Waals surface area contributed by atoms with E-state index in [1.807, 2.05) is 6.92 Å². The van der Waals surface area contributed by atoms with Gasteiger partial charge in [0.2, 0.25) is 0 Å². The fourth-order valence-electron chi connectivity index (χ4n) is 2.05. The van der Waals surface area contributed by atoms with Crippen molar-refractivity contribution in [3.05, 3.63) is 29.3 Å². The van der Waals surface area contributed by atoms with E-state index in [4.69, 9.17) is 4.74 Å². The highest BCUT2D eigenvalue weighted by Gasteiger charge is 2.12. The van der Waals surface area contributed by atoms with E-state index in [-0.39, 0.29) is 5.54 Å². The van der Waals surface area contributed by atoms with Gasteiger partial charge in [-0.2, -0.15) is 0 Å². The summed E-state index contributed by atoms with van der Waals surface area (Å²) in [4.78, 5) is 2.27. The Morgan fingerprint density at radius 1 is 1.25 bits per heavy atom. The number of rotatable bonds is 7. The molecule has 0 aliphatic carbocycles. The Bertz CT molecular complexity index is 410. The summed E-state index contributed by atoms with van der Waals surface area (Å²) in [6, 6.07) is 6.65. The van der Waals surface area contributed by atoms with Crippen molar-refractivity contribution in [1.82, 2.24) is 5.32 Å². The Labute approximate surface area is 124 Å². The molecule has 0 saturated heterocycles. The second-order valence-electron chi connectivity index (χ2n) is 6.35. The number of hydrogen-bond donors (Lipinski definition) is 1. The molecule has 20 heavy (non-hydrogen) atoms. The van der Waals surface area contributed by atoms with Crippen LogP contribution in [0.5, 0.6) is 0 Å². The zero-order chi connectivity index (χ0) is 15.2. The van der Waals surface area contributed by atoms with Crippen LogP contribution in [0.3, 0.4) is 0 Å². The molecule has 1 aromatic rings. The highest BCUT2D eigenvalue weighted by molar-refractivity contribution is 5.54. The number of likely N-dealkylation sites (N-methyl/N-ethyl adjacent to an activating group) is 1. The summed E-state index contributed by atoms with van der Waals surface area (Å²) in [5, 5.41) is 3.57. The van der Waals surface area contributed by atoms with E-state index < -0.39 is 0 Å². The molecule has 0 unspecified atom stereocenters. The molecule has 0 bridgehead atoms. The summed E-state index contributed by atoms with van der Waals surface area (Å²) in [6.45, 7) is 14.1. The third-order valence-corrected chi connectivity index (χ3v) is 3.23. The topological polar surface area (TPSA) is 24.5 Å². The van der Waals surface area contributed by atoms with E-state index >= 15 is 0 Å². The van der Waals surface area contributed by atoms with Crippen molar-refractivity contribution >= 4 is 5.69 Å². The van der Waals surface area contributed by atoms with Gasteiger partial charge in [0.1, 0.15) is 0 Å². The van der Waals surface area contributed by atoms with Crippen molar-refractivity contribution in [2.24, 2.45) is 0 Å². The minimum Gasteiger partial charge on any atom is -0.380 e. The van der Waals surface area contributed by atoms with Gasteiger partial charge in [0.05, 0.1) is 6.61 Å². The first-order valence-corrected chi connectivity index (χ1v) is 7.47. The van der Waals surface area contributed by atoms with Crippen LogP contribution in [0.25, 0.3) is 0 Å². The lowest BCUT2D eigenvalue weighted by molar-refractivity contribution is 0.154. The van der Waals surface area contributed by atoms with Crippen molar-refractivity contribution in [2.45, 2.75) is 46.7 Å². The van der Waals surface area contributed by atoms with Crippen LogP contribution in [0, 0.1) is 6.92 Å². The van der Waals surface area contributed by atoms with Crippen molar-refractivity contribution in [2.75, 3.05) is 31.7 Å². The van der Waals surface area contributed by atoms with Gasteiger partial charge in [-0.05, 0) is 46.2 Å². The highest BCUT2D eigenvalue weighted by Crippen LogP contribution is 2.21. The second-order valence-corrected chi connectivity index (χ2v) is 6.35. The smallest absolute Gasteiger partial charge is 0.0641 e. The molecule has 3 nitrogen and oxygen atoms in total. The average Bonchev–Trinajstić information content (AvgIpc) is 2.35. The van der Waals surface area contributed by atoms with Gasteiger partial charge >= 0.3 is 0 Å². The Morgan fingerprint density at radius 2 is 1.95 bits per heavy atom. The first-order valence-electron chi connectivity index (χ1n) is 7.47. The summed E-state index contributed by atoms with van der Waals surface area (Å²) < 4.78 is 5.45. The van der Waals surface area contributed by atoms with E-state index in [1.54, 1.807) is 0 Å². The predicted molar refractivity (Wildman–Crippen MR) is 87.5 cm³/mol. The van der Waals surface area contributed by atoms with Crippen LogP contribution in [0.2, 0.25) is 0 Å². The number of ether oxygens (including phenoxy) is 1. The van der Waals surface area contributed by atoms with Gasteiger partial charge in [-0.15, -0.1) is 0 Å². The molecule has 3 heteroatoms. The molecule has 1 N–H and O–H groups in total. The lowest BCUT2D eigenvalue weighted by atomic mass is 10.1. The third-order valence-electron chi connectivity index (χ3n) is 3.23. The van der Waals surface area contributed by atoms with Gasteiger partial charge in [0.15, 0.2) is 0 Å². The SMILES string of the molecule is CCOCCN(C)c1ccc(C)cc1CNC(C)(C)C. The minimum atomic E-state index is 0.130. The summed E-state index contributed by atoms with van der Waals surface area (Å²) in [6.07, 6.45) is 0. The zero-order valence-corrected chi connectivity index (χ0v) is 13.9. The van der Waals surface area contributed by atoms with E-state index in [9.17, 15) is 0 Å². The summed E-state index contributed by atoms with van der Waals surface area (Å²) in [7, 11) is 2.13. The second kappa shape index (κ2) is 7.65. The number of aryl methyl sites for hydroxylation is 1. The highest BCUT2D eigenvalue weighted by atomic mass is 16.5. The minimum absolute atomic E-state index is 0.130. The molecule has 0 saturated carbocycles. The van der Waals surface area contributed by atoms with E-state index in [0.717, 1.165) is 26.3 Å². The van der Waals surface area contributed by atoms with Crippen LogP contribution in [-0.4, -0.2) is 32.3 Å². The van der Waals surface area contributed by atoms with Crippen molar-refractivity contribution < 1.29 is 4.74 Å². The lowest BCUT2D eigenvalue weighted by Gasteiger charge is -2.26. The molecular weight excluding hydrogens is 248 g/mol. The maximum absolute atomic E-state index is 5.45. The molecule has 1 aromatic carbocycles. The number of anilines is 1. The van der Waals surface area contributed by atoms with Crippen LogP contribution >= 0.6 is 0 Å². The molecule has 0 fully saturated rings. The Morgan fingerprint density at radius 3 is 2.55 bits per heavy atom. The normalized spacial score (nSPS) is 11.7. The summed E-state index contributed by atoms with van der Waals surface area (Å²) in [5.74, 6) is 0. The molecule has 0 heterocycles. The molecule has 0 aromatic heterocycles. The fourth-order valence-corrected chi connectivity index (χ4v) is 2.05. The molecule has 0 spiro atoms.